The minimum Gasteiger partial charge on any atom is -0.309 e. The highest BCUT2D eigenvalue weighted by Crippen LogP contribution is 2.42. The molecule has 1 unspecified atom stereocenters. The predicted octanol–water partition coefficient (Wildman–Crippen LogP) is 11.9. The molecule has 1 aliphatic carbocycles. The van der Waals surface area contributed by atoms with E-state index in [1.54, 1.807) is 0 Å². The van der Waals surface area contributed by atoms with Gasteiger partial charge in [-0.3, -0.25) is 0 Å². The van der Waals surface area contributed by atoms with Gasteiger partial charge in [-0.05, 0) is 71.0 Å². The number of allylic oxidation sites excluding steroid dienone is 1. The molecular weight excluding hydrogens is 581 g/mol. The molecule has 0 fully saturated rings. The largest absolute Gasteiger partial charge is 0.309 e. The van der Waals surface area contributed by atoms with Gasteiger partial charge in [0.15, 0.2) is 0 Å². The van der Waals surface area contributed by atoms with Gasteiger partial charge in [0.1, 0.15) is 0 Å². The highest BCUT2D eigenvalue weighted by molar-refractivity contribution is 6.10. The Morgan fingerprint density at radius 3 is 1.98 bits per heavy atom. The fourth-order valence-electron chi connectivity index (χ4n) is 8.11. The van der Waals surface area contributed by atoms with Crippen LogP contribution in [0.15, 0.2) is 170 Å². The molecule has 0 radical (unpaired) electrons. The van der Waals surface area contributed by atoms with E-state index < -0.39 is 0 Å². The van der Waals surface area contributed by atoms with Crippen LogP contribution >= 0.6 is 0 Å². The predicted molar refractivity (Wildman–Crippen MR) is 202 cm³/mol. The number of rotatable bonds is 4. The Morgan fingerprint density at radius 1 is 0.458 bits per heavy atom. The van der Waals surface area contributed by atoms with Crippen LogP contribution in [0.3, 0.4) is 0 Å². The lowest BCUT2D eigenvalue weighted by Crippen LogP contribution is -2.07. The molecule has 0 amide bonds. The average molecular weight is 613 g/mol. The molecule has 48 heavy (non-hydrogen) atoms. The summed E-state index contributed by atoms with van der Waals surface area (Å²) in [5, 5.41) is 6.45. The summed E-state index contributed by atoms with van der Waals surface area (Å²) in [7, 11) is 0. The maximum Gasteiger partial charge on any atom is 0.0541 e. The lowest BCUT2D eigenvalue weighted by atomic mass is 9.86. The second-order valence-corrected chi connectivity index (χ2v) is 12.9. The summed E-state index contributed by atoms with van der Waals surface area (Å²) in [5.74, 6) is 0.285. The van der Waals surface area contributed by atoms with E-state index in [0.717, 1.165) is 6.42 Å². The SMILES string of the molecule is C1=CC(c2ccc3c(c2)c2ccccc2n3-c2ccccc2-c2ccccc2)Cc2c1n(-c1cccc3ccccc13)c1ccccc21. The van der Waals surface area contributed by atoms with E-state index in [4.69, 9.17) is 0 Å². The zero-order valence-electron chi connectivity index (χ0n) is 26.4. The van der Waals surface area contributed by atoms with Gasteiger partial charge in [0.2, 0.25) is 0 Å². The first-order valence-electron chi connectivity index (χ1n) is 16.8. The summed E-state index contributed by atoms with van der Waals surface area (Å²) < 4.78 is 4.92. The Kier molecular flexibility index (Phi) is 6.04. The summed E-state index contributed by atoms with van der Waals surface area (Å²) in [5.41, 5.74) is 12.7. The molecule has 10 rings (SSSR count). The lowest BCUT2D eigenvalue weighted by Gasteiger charge is -2.20. The number of para-hydroxylation sites is 3. The number of fused-ring (bicyclic) bond motifs is 7. The molecule has 0 saturated carbocycles. The van der Waals surface area contributed by atoms with Crippen molar-refractivity contribution in [2.24, 2.45) is 0 Å². The normalized spacial score (nSPS) is 14.3. The molecule has 2 heterocycles. The third-order valence-electron chi connectivity index (χ3n) is 10.3. The number of aromatic nitrogens is 2. The molecule has 0 spiro atoms. The van der Waals surface area contributed by atoms with E-state index in [9.17, 15) is 0 Å². The molecule has 0 N–H and O–H groups in total. The van der Waals surface area contributed by atoms with Crippen LogP contribution in [0.2, 0.25) is 0 Å². The van der Waals surface area contributed by atoms with Crippen LogP contribution in [0.25, 0.3) is 72.1 Å². The molecule has 2 heteroatoms. The van der Waals surface area contributed by atoms with Gasteiger partial charge in [-0.25, -0.2) is 0 Å². The van der Waals surface area contributed by atoms with Crippen LogP contribution < -0.4 is 0 Å². The van der Waals surface area contributed by atoms with E-state index in [2.05, 4.69) is 185 Å². The molecule has 0 saturated heterocycles. The Hall–Kier alpha value is -6.12. The summed E-state index contributed by atoms with van der Waals surface area (Å²) in [6.07, 6.45) is 5.76. The van der Waals surface area contributed by atoms with E-state index >= 15 is 0 Å². The van der Waals surface area contributed by atoms with Crippen molar-refractivity contribution in [2.75, 3.05) is 0 Å². The Morgan fingerprint density at radius 2 is 1.10 bits per heavy atom. The quantitative estimate of drug-likeness (QED) is 0.187. The van der Waals surface area contributed by atoms with Crippen molar-refractivity contribution in [3.63, 3.8) is 0 Å². The number of hydrogen-bond acceptors (Lipinski definition) is 0. The number of nitrogens with zero attached hydrogens (tertiary/aromatic N) is 2. The third kappa shape index (κ3) is 4.06. The second-order valence-electron chi connectivity index (χ2n) is 12.9. The van der Waals surface area contributed by atoms with Gasteiger partial charge < -0.3 is 9.13 Å². The fourth-order valence-corrected chi connectivity index (χ4v) is 8.11. The molecule has 0 bridgehead atoms. The number of benzene rings is 7. The molecule has 1 aliphatic rings. The molecule has 2 aromatic heterocycles. The first-order chi connectivity index (χ1) is 23.8. The monoisotopic (exact) mass is 612 g/mol. The van der Waals surface area contributed by atoms with E-state index in [-0.39, 0.29) is 5.92 Å². The van der Waals surface area contributed by atoms with Crippen molar-refractivity contribution in [1.29, 1.82) is 0 Å². The van der Waals surface area contributed by atoms with Gasteiger partial charge in [-0.1, -0.05) is 133 Å². The summed E-state index contributed by atoms with van der Waals surface area (Å²) in [6, 6.07) is 59.7. The van der Waals surface area contributed by atoms with Gasteiger partial charge in [-0.15, -0.1) is 0 Å². The average Bonchev–Trinajstić information content (AvgIpc) is 3.67. The molecule has 1 atom stereocenters. The Labute approximate surface area is 279 Å². The summed E-state index contributed by atoms with van der Waals surface area (Å²) in [4.78, 5) is 0. The van der Waals surface area contributed by atoms with Crippen LogP contribution in [0.5, 0.6) is 0 Å². The van der Waals surface area contributed by atoms with Crippen molar-refractivity contribution in [3.8, 4) is 22.5 Å². The first kappa shape index (κ1) is 27.0. The second kappa shape index (κ2) is 10.7. The van der Waals surface area contributed by atoms with Crippen molar-refractivity contribution in [2.45, 2.75) is 12.3 Å². The molecule has 9 aromatic rings. The van der Waals surface area contributed by atoms with Crippen molar-refractivity contribution < 1.29 is 0 Å². The maximum atomic E-state index is 2.47. The summed E-state index contributed by atoms with van der Waals surface area (Å²) in [6.45, 7) is 0. The van der Waals surface area contributed by atoms with Crippen molar-refractivity contribution in [1.82, 2.24) is 9.13 Å². The maximum absolute atomic E-state index is 2.47. The molecule has 0 aliphatic heterocycles. The fraction of sp³-hybridized carbons (Fsp3) is 0.0435. The van der Waals surface area contributed by atoms with Crippen molar-refractivity contribution in [3.05, 3.63) is 187 Å². The molecular formula is C46H32N2. The summed E-state index contributed by atoms with van der Waals surface area (Å²) >= 11 is 0. The van der Waals surface area contributed by atoms with Gasteiger partial charge >= 0.3 is 0 Å². The number of hydrogen-bond donors (Lipinski definition) is 0. The van der Waals surface area contributed by atoms with Gasteiger partial charge in [-0.2, -0.15) is 0 Å². The first-order valence-corrected chi connectivity index (χ1v) is 16.8. The van der Waals surface area contributed by atoms with Gasteiger partial charge in [0.05, 0.1) is 27.9 Å². The minimum absolute atomic E-state index is 0.285. The van der Waals surface area contributed by atoms with Crippen LogP contribution in [-0.4, -0.2) is 9.13 Å². The van der Waals surface area contributed by atoms with E-state index in [0.29, 0.717) is 0 Å². The molecule has 226 valence electrons. The van der Waals surface area contributed by atoms with Crippen LogP contribution in [0.4, 0.5) is 0 Å². The minimum atomic E-state index is 0.285. The van der Waals surface area contributed by atoms with Gasteiger partial charge in [0.25, 0.3) is 0 Å². The zero-order valence-corrected chi connectivity index (χ0v) is 26.4. The molecule has 7 aromatic carbocycles. The lowest BCUT2D eigenvalue weighted by molar-refractivity contribution is 0.827. The van der Waals surface area contributed by atoms with Crippen LogP contribution in [0, 0.1) is 0 Å². The Balaban J connectivity index is 1.12. The molecule has 2 nitrogen and oxygen atoms in total. The Bertz CT molecular complexity index is 2700. The smallest absolute Gasteiger partial charge is 0.0541 e. The third-order valence-corrected chi connectivity index (χ3v) is 10.3. The van der Waals surface area contributed by atoms with Crippen molar-refractivity contribution >= 4 is 49.6 Å². The van der Waals surface area contributed by atoms with Crippen LogP contribution in [-0.2, 0) is 6.42 Å². The standard InChI is InChI=1S/C46H32N2/c1-2-13-31(14-3-1)35-18-6-9-21-41(35)47-43-22-10-7-19-37(43)39-29-33(25-27-45(39)47)34-26-28-46-40(30-34)38-20-8-11-23-44(38)48(46)42-24-12-16-32-15-4-5-17-36(32)42/h1-29,34H,30H2. The van der Waals surface area contributed by atoms with E-state index in [1.165, 1.54) is 82.8 Å². The van der Waals surface area contributed by atoms with Gasteiger partial charge in [0, 0.05) is 38.7 Å². The van der Waals surface area contributed by atoms with Crippen LogP contribution in [0.1, 0.15) is 22.7 Å². The topological polar surface area (TPSA) is 9.86 Å². The van der Waals surface area contributed by atoms with E-state index in [1.807, 2.05) is 0 Å². The highest BCUT2D eigenvalue weighted by Gasteiger charge is 2.25. The highest BCUT2D eigenvalue weighted by atomic mass is 15.0. The zero-order chi connectivity index (χ0) is 31.6.